The van der Waals surface area contributed by atoms with Gasteiger partial charge in [-0.3, -0.25) is 4.57 Å². The lowest BCUT2D eigenvalue weighted by atomic mass is 10.1. The molecule has 0 aliphatic rings. The zero-order valence-electron chi connectivity index (χ0n) is 18.4. The molecule has 0 aliphatic carbocycles. The first-order valence-corrected chi connectivity index (χ1v) is 10.5. The molecular weight excluding hydrogens is 437 g/mol. The largest absolute Gasteiger partial charge is 0.497 e. The molecule has 10 heteroatoms. The molecule has 1 heterocycles. The van der Waals surface area contributed by atoms with Gasteiger partial charge in [0.05, 0.1) is 12.7 Å². The predicted molar refractivity (Wildman–Crippen MR) is 119 cm³/mol. The minimum Gasteiger partial charge on any atom is -0.497 e. The summed E-state index contributed by atoms with van der Waals surface area (Å²) >= 11 is 0. The fraction of sp³-hybridized carbons (Fsp3) is 0.348. The Morgan fingerprint density at radius 3 is 2.39 bits per heavy atom. The van der Waals surface area contributed by atoms with Crippen molar-refractivity contribution >= 4 is 11.6 Å². The molecule has 3 rings (SSSR count). The molecule has 7 nitrogen and oxygen atoms in total. The molecule has 33 heavy (non-hydrogen) atoms. The van der Waals surface area contributed by atoms with Crippen molar-refractivity contribution in [2.24, 2.45) is 0 Å². The lowest BCUT2D eigenvalue weighted by molar-refractivity contribution is -0.137. The standard InChI is InChI=1S/C23H25F3N4O3/c1-3-4-13-30-21(31)28-20(27-18-7-5-6-17(15-18)23(24,25)26)29(22(30)32)14-12-16-8-10-19(33-2)11-9-16/h5-11,15H,3-4,12-14H2,1-2H3,(H,27,28,31). The Balaban J connectivity index is 1.97. The Kier molecular flexibility index (Phi) is 7.57. The van der Waals surface area contributed by atoms with Crippen LogP contribution >= 0.6 is 0 Å². The molecule has 1 aromatic heterocycles. The minimum absolute atomic E-state index is 0.0700. The van der Waals surface area contributed by atoms with Crippen molar-refractivity contribution < 1.29 is 17.9 Å². The Hall–Kier alpha value is -3.56. The molecule has 0 unspecified atom stereocenters. The molecule has 1 N–H and O–H groups in total. The maximum absolute atomic E-state index is 13.1. The summed E-state index contributed by atoms with van der Waals surface area (Å²) in [5, 5.41) is 2.72. The van der Waals surface area contributed by atoms with Crippen LogP contribution in [0, 0.1) is 0 Å². The average Bonchev–Trinajstić information content (AvgIpc) is 2.78. The third-order valence-electron chi connectivity index (χ3n) is 5.11. The number of methoxy groups -OCH3 is 1. The van der Waals surface area contributed by atoms with Crippen LogP contribution in [0.25, 0.3) is 0 Å². The molecule has 2 aromatic carbocycles. The van der Waals surface area contributed by atoms with Crippen LogP contribution in [0.3, 0.4) is 0 Å². The third kappa shape index (κ3) is 6.03. The van der Waals surface area contributed by atoms with Gasteiger partial charge >= 0.3 is 17.6 Å². The predicted octanol–water partition coefficient (Wildman–Crippen LogP) is 4.22. The maximum Gasteiger partial charge on any atom is 0.416 e. The third-order valence-corrected chi connectivity index (χ3v) is 5.11. The van der Waals surface area contributed by atoms with Gasteiger partial charge in [-0.25, -0.2) is 14.2 Å². The van der Waals surface area contributed by atoms with Crippen LogP contribution < -0.4 is 21.4 Å². The van der Waals surface area contributed by atoms with E-state index in [2.05, 4.69) is 10.3 Å². The number of unbranched alkanes of at least 4 members (excludes halogenated alkanes) is 1. The number of halogens is 3. The number of benzene rings is 2. The molecule has 0 atom stereocenters. The summed E-state index contributed by atoms with van der Waals surface area (Å²) in [5.74, 6) is 0.586. The van der Waals surface area contributed by atoms with Crippen LogP contribution in [-0.4, -0.2) is 21.2 Å². The molecule has 0 aliphatic heterocycles. The Labute approximate surface area is 188 Å². The molecule has 0 saturated carbocycles. The Morgan fingerprint density at radius 1 is 1.03 bits per heavy atom. The van der Waals surface area contributed by atoms with Gasteiger partial charge < -0.3 is 10.1 Å². The van der Waals surface area contributed by atoms with Crippen molar-refractivity contribution in [2.75, 3.05) is 12.4 Å². The number of alkyl halides is 3. The monoisotopic (exact) mass is 462 g/mol. The number of anilines is 2. The fourth-order valence-electron chi connectivity index (χ4n) is 3.27. The number of hydrogen-bond acceptors (Lipinski definition) is 5. The molecule has 0 radical (unpaired) electrons. The van der Waals surface area contributed by atoms with Gasteiger partial charge in [0.25, 0.3) is 0 Å². The van der Waals surface area contributed by atoms with Gasteiger partial charge in [-0.2, -0.15) is 18.2 Å². The van der Waals surface area contributed by atoms with E-state index in [4.69, 9.17) is 4.74 Å². The highest BCUT2D eigenvalue weighted by Gasteiger charge is 2.30. The van der Waals surface area contributed by atoms with Gasteiger partial charge in [0.2, 0.25) is 5.95 Å². The van der Waals surface area contributed by atoms with E-state index in [0.29, 0.717) is 18.6 Å². The first-order chi connectivity index (χ1) is 15.7. The zero-order valence-corrected chi connectivity index (χ0v) is 18.4. The summed E-state index contributed by atoms with van der Waals surface area (Å²) in [4.78, 5) is 29.6. The van der Waals surface area contributed by atoms with Gasteiger partial charge in [0, 0.05) is 18.8 Å². The average molecular weight is 462 g/mol. The normalized spacial score (nSPS) is 11.4. The number of aryl methyl sites for hydroxylation is 1. The van der Waals surface area contributed by atoms with E-state index >= 15 is 0 Å². The molecule has 0 spiro atoms. The highest BCUT2D eigenvalue weighted by molar-refractivity contribution is 5.54. The maximum atomic E-state index is 13.1. The van der Waals surface area contributed by atoms with Crippen LogP contribution in [0.1, 0.15) is 30.9 Å². The second-order valence-corrected chi connectivity index (χ2v) is 7.46. The van der Waals surface area contributed by atoms with E-state index in [9.17, 15) is 22.8 Å². The number of ether oxygens (including phenoxy) is 1. The Bertz CT molecular complexity index is 1200. The van der Waals surface area contributed by atoms with Gasteiger partial charge in [-0.1, -0.05) is 31.5 Å². The van der Waals surface area contributed by atoms with Gasteiger partial charge in [0.15, 0.2) is 0 Å². The molecule has 0 saturated heterocycles. The van der Waals surface area contributed by atoms with Crippen LogP contribution in [0.4, 0.5) is 24.8 Å². The summed E-state index contributed by atoms with van der Waals surface area (Å²) in [6.45, 7) is 2.32. The van der Waals surface area contributed by atoms with E-state index in [0.717, 1.165) is 28.7 Å². The quantitative estimate of drug-likeness (QED) is 0.515. The number of nitrogens with zero attached hydrogens (tertiary/aromatic N) is 3. The van der Waals surface area contributed by atoms with Gasteiger partial charge in [0.1, 0.15) is 5.75 Å². The van der Waals surface area contributed by atoms with Crippen molar-refractivity contribution in [3.63, 3.8) is 0 Å². The van der Waals surface area contributed by atoms with E-state index in [1.165, 1.54) is 16.7 Å². The van der Waals surface area contributed by atoms with Crippen molar-refractivity contribution in [3.8, 4) is 5.75 Å². The van der Waals surface area contributed by atoms with Crippen LogP contribution in [-0.2, 0) is 25.7 Å². The first kappa shape index (κ1) is 24.1. The van der Waals surface area contributed by atoms with Crippen LogP contribution in [0.15, 0.2) is 58.1 Å². The number of hydrogen-bond donors (Lipinski definition) is 1. The lowest BCUT2D eigenvalue weighted by Crippen LogP contribution is -2.42. The minimum atomic E-state index is -4.53. The van der Waals surface area contributed by atoms with Crippen molar-refractivity contribution in [1.29, 1.82) is 0 Å². The van der Waals surface area contributed by atoms with E-state index in [-0.39, 0.29) is 24.7 Å². The first-order valence-electron chi connectivity index (χ1n) is 10.5. The topological polar surface area (TPSA) is 78.2 Å². The Morgan fingerprint density at radius 2 is 1.76 bits per heavy atom. The second kappa shape index (κ2) is 10.4. The van der Waals surface area contributed by atoms with Crippen molar-refractivity contribution in [1.82, 2.24) is 14.1 Å². The number of nitrogens with one attached hydrogen (secondary N) is 1. The molecule has 3 aromatic rings. The van der Waals surface area contributed by atoms with Crippen molar-refractivity contribution in [3.05, 3.63) is 80.6 Å². The van der Waals surface area contributed by atoms with Crippen LogP contribution in [0.5, 0.6) is 5.75 Å². The van der Waals surface area contributed by atoms with E-state index in [1.807, 2.05) is 19.1 Å². The smallest absolute Gasteiger partial charge is 0.416 e. The summed E-state index contributed by atoms with van der Waals surface area (Å²) in [6, 6.07) is 11.8. The summed E-state index contributed by atoms with van der Waals surface area (Å²) in [7, 11) is 1.56. The second-order valence-electron chi connectivity index (χ2n) is 7.46. The van der Waals surface area contributed by atoms with Gasteiger partial charge in [-0.05, 0) is 48.7 Å². The lowest BCUT2D eigenvalue weighted by Gasteiger charge is -2.16. The molecule has 0 fully saturated rings. The van der Waals surface area contributed by atoms with Crippen LogP contribution in [0.2, 0.25) is 0 Å². The summed E-state index contributed by atoms with van der Waals surface area (Å²) < 4.78 is 46.7. The SMILES string of the molecule is CCCCn1c(=O)nc(Nc2cccc(C(F)(F)F)c2)n(CCc2ccc(OC)cc2)c1=O. The number of aromatic nitrogens is 3. The zero-order chi connectivity index (χ0) is 24.0. The summed E-state index contributed by atoms with van der Waals surface area (Å²) in [5.41, 5.74) is -1.18. The van der Waals surface area contributed by atoms with Crippen molar-refractivity contribution in [2.45, 2.75) is 45.5 Å². The highest BCUT2D eigenvalue weighted by atomic mass is 19.4. The highest BCUT2D eigenvalue weighted by Crippen LogP contribution is 2.31. The molecule has 0 bridgehead atoms. The summed E-state index contributed by atoms with van der Waals surface area (Å²) in [6.07, 6.45) is -2.69. The molecule has 176 valence electrons. The molecular formula is C23H25F3N4O3. The van der Waals surface area contributed by atoms with E-state index in [1.54, 1.807) is 19.2 Å². The molecule has 0 amide bonds. The van der Waals surface area contributed by atoms with E-state index < -0.39 is 23.1 Å². The number of rotatable bonds is 9. The van der Waals surface area contributed by atoms with Gasteiger partial charge in [-0.15, -0.1) is 0 Å². The fourth-order valence-corrected chi connectivity index (χ4v) is 3.27.